The van der Waals surface area contributed by atoms with Gasteiger partial charge in [0.05, 0.1) is 17.7 Å². The third-order valence-corrected chi connectivity index (χ3v) is 7.27. The number of alkyl halides is 7. The van der Waals surface area contributed by atoms with Crippen molar-refractivity contribution < 1.29 is 68.1 Å². The Hall–Kier alpha value is -5.28. The molecule has 2 N–H and O–H groups in total. The number of carboxylic acids is 1. The molecule has 0 heterocycles. The minimum absolute atomic E-state index is 0.0219. The van der Waals surface area contributed by atoms with Gasteiger partial charge in [0.2, 0.25) is 0 Å². The molecule has 6 nitrogen and oxygen atoms in total. The molecule has 4 aromatic carbocycles. The van der Waals surface area contributed by atoms with Crippen LogP contribution < -0.4 is 14.8 Å². The van der Waals surface area contributed by atoms with Gasteiger partial charge in [0.15, 0.2) is 0 Å². The molecule has 0 radical (unpaired) electrons. The quantitative estimate of drug-likeness (QED) is 0.101. The highest BCUT2D eigenvalue weighted by Crippen LogP contribution is 2.39. The molecule has 0 fully saturated rings. The first-order valence-corrected chi connectivity index (χ1v) is 14.4. The number of ether oxygens (including phenoxy) is 2. The molecule has 0 aliphatic rings. The summed E-state index contributed by atoms with van der Waals surface area (Å²) in [6, 6.07) is 12.8. The number of carbonyl (C=O) groups excluding carboxylic acids is 1. The van der Waals surface area contributed by atoms with Crippen LogP contribution in [0.3, 0.4) is 0 Å². The van der Waals surface area contributed by atoms with Crippen molar-refractivity contribution in [2.45, 2.75) is 43.5 Å². The molecular formula is C34H25F10NO5. The van der Waals surface area contributed by atoms with Crippen molar-refractivity contribution in [3.63, 3.8) is 0 Å². The van der Waals surface area contributed by atoms with Gasteiger partial charge in [0, 0.05) is 24.5 Å². The Morgan fingerprint density at radius 1 is 0.760 bits per heavy atom. The smallest absolute Gasteiger partial charge is 0.461 e. The lowest BCUT2D eigenvalue weighted by molar-refractivity contribution is -0.253. The molecule has 0 aromatic heterocycles. The number of nitrogens with one attached hydrogen (secondary N) is 1. The van der Waals surface area contributed by atoms with Gasteiger partial charge in [-0.3, -0.25) is 9.59 Å². The van der Waals surface area contributed by atoms with E-state index in [4.69, 9.17) is 9.84 Å². The minimum Gasteiger partial charge on any atom is -0.494 e. The van der Waals surface area contributed by atoms with E-state index in [0.29, 0.717) is 24.3 Å². The van der Waals surface area contributed by atoms with Gasteiger partial charge in [-0.15, -0.1) is 0 Å². The maximum Gasteiger partial charge on any atom is 0.461 e. The number of aliphatic carboxylic acids is 1. The van der Waals surface area contributed by atoms with E-state index in [-0.39, 0.29) is 42.4 Å². The lowest BCUT2D eigenvalue weighted by atomic mass is 9.77. The molecule has 4 rings (SSSR count). The molecule has 0 saturated carbocycles. The molecule has 0 aliphatic carbocycles. The van der Waals surface area contributed by atoms with Crippen LogP contribution in [0.2, 0.25) is 0 Å². The van der Waals surface area contributed by atoms with Gasteiger partial charge >= 0.3 is 24.7 Å². The second kappa shape index (κ2) is 15.1. The molecule has 16 heteroatoms. The Kier molecular flexibility index (Phi) is 11.3. The van der Waals surface area contributed by atoms with Gasteiger partial charge in [-0.1, -0.05) is 24.3 Å². The van der Waals surface area contributed by atoms with Crippen molar-refractivity contribution >= 4 is 11.9 Å². The normalized spacial score (nSPS) is 13.1. The van der Waals surface area contributed by atoms with Crippen molar-refractivity contribution in [1.82, 2.24) is 5.32 Å². The highest BCUT2D eigenvalue weighted by molar-refractivity contribution is 5.95. The molecule has 0 saturated heterocycles. The molecule has 266 valence electrons. The van der Waals surface area contributed by atoms with Crippen molar-refractivity contribution in [3.05, 3.63) is 130 Å². The third-order valence-electron chi connectivity index (χ3n) is 7.27. The van der Waals surface area contributed by atoms with Crippen molar-refractivity contribution in [1.29, 1.82) is 0 Å². The van der Waals surface area contributed by atoms with E-state index in [1.54, 1.807) is 0 Å². The van der Waals surface area contributed by atoms with E-state index in [9.17, 15) is 49.1 Å². The average molecular weight is 718 g/mol. The summed E-state index contributed by atoms with van der Waals surface area (Å²) in [5, 5.41) is 11.3. The summed E-state index contributed by atoms with van der Waals surface area (Å²) >= 11 is 0. The van der Waals surface area contributed by atoms with Crippen molar-refractivity contribution in [2.24, 2.45) is 0 Å². The van der Waals surface area contributed by atoms with E-state index < -0.39 is 82.4 Å². The lowest BCUT2D eigenvalue weighted by Crippen LogP contribution is -2.49. The fourth-order valence-corrected chi connectivity index (χ4v) is 4.94. The van der Waals surface area contributed by atoms with E-state index in [1.165, 1.54) is 24.3 Å². The van der Waals surface area contributed by atoms with Gasteiger partial charge in [0.1, 0.15) is 29.0 Å². The molecule has 0 bridgehead atoms. The predicted molar refractivity (Wildman–Crippen MR) is 157 cm³/mol. The molecule has 1 atom stereocenters. The molecule has 0 unspecified atom stereocenters. The maximum absolute atomic E-state index is 15.1. The van der Waals surface area contributed by atoms with Crippen LogP contribution in [-0.2, 0) is 22.9 Å². The van der Waals surface area contributed by atoms with Crippen molar-refractivity contribution in [3.8, 4) is 11.5 Å². The molecule has 4 aromatic rings. The summed E-state index contributed by atoms with van der Waals surface area (Å²) in [4.78, 5) is 24.5. The van der Waals surface area contributed by atoms with Crippen LogP contribution in [0.1, 0.15) is 45.5 Å². The van der Waals surface area contributed by atoms with Crippen LogP contribution in [0, 0.1) is 17.5 Å². The lowest BCUT2D eigenvalue weighted by Gasteiger charge is -2.37. The first kappa shape index (κ1) is 37.5. The number of carboxylic acid groups (broad SMARTS) is 1. The van der Waals surface area contributed by atoms with Gasteiger partial charge in [-0.25, -0.2) is 13.2 Å². The fraction of sp³-hybridized carbons (Fsp3) is 0.235. The Morgan fingerprint density at radius 2 is 1.42 bits per heavy atom. The summed E-state index contributed by atoms with van der Waals surface area (Å²) in [5.74, 6) is -7.04. The minimum atomic E-state index is -5.23. The van der Waals surface area contributed by atoms with Crippen LogP contribution in [0.5, 0.6) is 11.5 Å². The Balaban J connectivity index is 1.88. The third kappa shape index (κ3) is 9.24. The highest BCUT2D eigenvalue weighted by Gasteiger charge is 2.45. The highest BCUT2D eigenvalue weighted by atomic mass is 19.4. The van der Waals surface area contributed by atoms with E-state index in [0.717, 1.165) is 30.3 Å². The van der Waals surface area contributed by atoms with Gasteiger partial charge in [-0.05, 0) is 77.7 Å². The van der Waals surface area contributed by atoms with Crippen LogP contribution in [0.4, 0.5) is 43.9 Å². The molecule has 0 aliphatic heterocycles. The van der Waals surface area contributed by atoms with Crippen LogP contribution >= 0.6 is 0 Å². The van der Waals surface area contributed by atoms with Gasteiger partial charge < -0.3 is 19.9 Å². The average Bonchev–Trinajstić information content (AvgIpc) is 3.02. The molecular weight excluding hydrogens is 692 g/mol. The number of hydrogen-bond acceptors (Lipinski definition) is 4. The van der Waals surface area contributed by atoms with Crippen molar-refractivity contribution in [2.75, 3.05) is 6.61 Å². The number of rotatable bonds is 14. The largest absolute Gasteiger partial charge is 0.494 e. The zero-order chi connectivity index (χ0) is 36.9. The second-order valence-corrected chi connectivity index (χ2v) is 10.9. The van der Waals surface area contributed by atoms with Crippen LogP contribution in [-0.4, -0.2) is 36.1 Å². The summed E-state index contributed by atoms with van der Waals surface area (Å²) < 4.78 is 147. The molecule has 50 heavy (non-hydrogen) atoms. The Morgan fingerprint density at radius 3 is 2.02 bits per heavy atom. The first-order chi connectivity index (χ1) is 23.4. The van der Waals surface area contributed by atoms with Crippen LogP contribution in [0.25, 0.3) is 0 Å². The zero-order valence-corrected chi connectivity index (χ0v) is 25.3. The monoisotopic (exact) mass is 717 g/mol. The number of carbonyl (C=O) groups is 2. The summed E-state index contributed by atoms with van der Waals surface area (Å²) in [6.07, 6.45) is -15.1. The standard InChI is InChI=1S/C34H25F10NO5/c35-23-8-6-21(7-9-23)32(18-19-3-10-25(11-4-19)49-13-1-2-29(46)47,22-15-24(36)17-26(16-22)50-34(43,44)31(38)39)45-30(48)20-5-12-28(37)27(14-20)33(40,41)42/h3-12,14-17,31H,1-2,13,18H2,(H,45,48)(H,46,47)/t32-/m1/s1. The number of halogens is 10. The SMILES string of the molecule is O=C(O)CCCOc1ccc(C[C@@](NC(=O)c2ccc(F)c(C(F)(F)F)c2)(c2ccc(F)cc2)c2cc(F)cc(OC(F)(F)C(F)F)c2)cc1. The zero-order valence-electron chi connectivity index (χ0n) is 25.3. The predicted octanol–water partition coefficient (Wildman–Crippen LogP) is 8.52. The summed E-state index contributed by atoms with van der Waals surface area (Å²) in [6.45, 7) is 0.0219. The van der Waals surface area contributed by atoms with Crippen LogP contribution in [0.15, 0.2) is 84.9 Å². The van der Waals surface area contributed by atoms with E-state index in [2.05, 4.69) is 10.1 Å². The van der Waals surface area contributed by atoms with E-state index in [1.807, 2.05) is 0 Å². The molecule has 1 amide bonds. The Bertz CT molecular complexity index is 1820. The summed E-state index contributed by atoms with van der Waals surface area (Å²) in [5.41, 5.74) is -5.00. The topological polar surface area (TPSA) is 84.9 Å². The number of amides is 1. The number of benzene rings is 4. The van der Waals surface area contributed by atoms with E-state index >= 15 is 4.39 Å². The number of hydrogen-bond donors (Lipinski definition) is 2. The molecule has 0 spiro atoms. The maximum atomic E-state index is 15.1. The van der Waals surface area contributed by atoms with Gasteiger partial charge in [0.25, 0.3) is 5.91 Å². The second-order valence-electron chi connectivity index (χ2n) is 10.9. The summed E-state index contributed by atoms with van der Waals surface area (Å²) in [7, 11) is 0. The van der Waals surface area contributed by atoms with Gasteiger partial charge in [-0.2, -0.15) is 30.7 Å². The fourth-order valence-electron chi connectivity index (χ4n) is 4.94. The Labute approximate surface area is 277 Å². The first-order valence-electron chi connectivity index (χ1n) is 14.4.